The van der Waals surface area contributed by atoms with E-state index >= 15 is 0 Å². The molecule has 0 saturated carbocycles. The van der Waals surface area contributed by atoms with E-state index in [1.165, 1.54) is 0 Å². The number of rotatable bonds is 5. The Morgan fingerprint density at radius 2 is 2.06 bits per heavy atom. The second kappa shape index (κ2) is 5.45. The number of nitrogens with zero attached hydrogens (tertiary/aromatic N) is 3. The lowest BCUT2D eigenvalue weighted by molar-refractivity contribution is 0.540. The van der Waals surface area contributed by atoms with E-state index in [9.17, 15) is 4.79 Å². The maximum Gasteiger partial charge on any atom is 0.250 e. The molecule has 0 aliphatic rings. The molecule has 0 saturated heterocycles. The highest BCUT2D eigenvalue weighted by atomic mass is 16.1. The third kappa shape index (κ3) is 2.82. The van der Waals surface area contributed by atoms with E-state index in [1.54, 1.807) is 29.1 Å². The fourth-order valence-electron chi connectivity index (χ4n) is 1.73. The van der Waals surface area contributed by atoms with Gasteiger partial charge in [-0.1, -0.05) is 6.07 Å². The number of pyridine rings is 1. The molecule has 2 heterocycles. The van der Waals surface area contributed by atoms with Gasteiger partial charge in [-0.15, -0.1) is 0 Å². The molecular weight excluding hydrogens is 216 g/mol. The molecule has 0 fully saturated rings. The van der Waals surface area contributed by atoms with Gasteiger partial charge in [0.05, 0.1) is 6.54 Å². The zero-order valence-electron chi connectivity index (χ0n) is 9.84. The van der Waals surface area contributed by atoms with Crippen LogP contribution in [0.5, 0.6) is 0 Å². The second-order valence-corrected chi connectivity index (χ2v) is 3.80. The highest BCUT2D eigenvalue weighted by Crippen LogP contribution is 1.98. The minimum Gasteiger partial charge on any atom is -0.332 e. The van der Waals surface area contributed by atoms with Gasteiger partial charge < -0.3 is 14.5 Å². The standard InChI is InChI=1S/C12H16N4O/c1-13-10-11-14-5-7-15(11)8-9-16-6-3-2-4-12(16)17/h2-7,13H,8-10H2,1H3. The van der Waals surface area contributed by atoms with Gasteiger partial charge in [0.15, 0.2) is 0 Å². The first-order valence-electron chi connectivity index (χ1n) is 5.61. The molecule has 0 aliphatic carbocycles. The van der Waals surface area contributed by atoms with Crippen LogP contribution in [0.3, 0.4) is 0 Å². The van der Waals surface area contributed by atoms with Crippen molar-refractivity contribution in [3.8, 4) is 0 Å². The van der Waals surface area contributed by atoms with Gasteiger partial charge in [-0.3, -0.25) is 4.79 Å². The average molecular weight is 232 g/mol. The first-order chi connectivity index (χ1) is 8.31. The van der Waals surface area contributed by atoms with Crippen molar-refractivity contribution in [2.75, 3.05) is 7.05 Å². The number of imidazole rings is 1. The number of aromatic nitrogens is 3. The van der Waals surface area contributed by atoms with Crippen LogP contribution in [-0.2, 0) is 19.6 Å². The van der Waals surface area contributed by atoms with E-state index in [4.69, 9.17) is 0 Å². The Balaban J connectivity index is 2.05. The molecule has 5 nitrogen and oxygen atoms in total. The van der Waals surface area contributed by atoms with Crippen molar-refractivity contribution in [2.45, 2.75) is 19.6 Å². The Labute approximate surface area is 99.7 Å². The van der Waals surface area contributed by atoms with E-state index in [-0.39, 0.29) is 5.56 Å². The number of hydrogen-bond acceptors (Lipinski definition) is 3. The van der Waals surface area contributed by atoms with Crippen molar-refractivity contribution in [1.82, 2.24) is 19.4 Å². The van der Waals surface area contributed by atoms with Crippen LogP contribution in [0.4, 0.5) is 0 Å². The second-order valence-electron chi connectivity index (χ2n) is 3.80. The lowest BCUT2D eigenvalue weighted by Crippen LogP contribution is -2.21. The normalized spacial score (nSPS) is 10.6. The SMILES string of the molecule is CNCc1nccn1CCn1ccccc1=O. The van der Waals surface area contributed by atoms with Crippen molar-refractivity contribution in [1.29, 1.82) is 0 Å². The quantitative estimate of drug-likeness (QED) is 0.815. The molecule has 0 aliphatic heterocycles. The van der Waals surface area contributed by atoms with Crippen LogP contribution in [-0.4, -0.2) is 21.2 Å². The molecule has 0 atom stereocenters. The molecule has 0 bridgehead atoms. The summed E-state index contributed by atoms with van der Waals surface area (Å²) in [6.45, 7) is 2.14. The Kier molecular flexibility index (Phi) is 3.72. The van der Waals surface area contributed by atoms with Gasteiger partial charge in [0, 0.05) is 37.7 Å². The van der Waals surface area contributed by atoms with Crippen LogP contribution < -0.4 is 10.9 Å². The van der Waals surface area contributed by atoms with E-state index in [0.717, 1.165) is 18.9 Å². The van der Waals surface area contributed by atoms with Gasteiger partial charge in [0.25, 0.3) is 5.56 Å². The molecule has 0 amide bonds. The third-order valence-corrected chi connectivity index (χ3v) is 2.62. The monoisotopic (exact) mass is 232 g/mol. The van der Waals surface area contributed by atoms with E-state index in [2.05, 4.69) is 14.9 Å². The van der Waals surface area contributed by atoms with Crippen molar-refractivity contribution in [3.05, 3.63) is 53.0 Å². The highest BCUT2D eigenvalue weighted by molar-refractivity contribution is 4.94. The summed E-state index contributed by atoms with van der Waals surface area (Å²) in [5.74, 6) is 0.983. The minimum atomic E-state index is 0.0304. The highest BCUT2D eigenvalue weighted by Gasteiger charge is 2.01. The minimum absolute atomic E-state index is 0.0304. The van der Waals surface area contributed by atoms with Gasteiger partial charge in [-0.25, -0.2) is 4.98 Å². The van der Waals surface area contributed by atoms with E-state index in [0.29, 0.717) is 6.54 Å². The summed E-state index contributed by atoms with van der Waals surface area (Å²) in [5.41, 5.74) is 0.0304. The number of nitrogens with one attached hydrogen (secondary N) is 1. The van der Waals surface area contributed by atoms with Crippen LogP contribution in [0.1, 0.15) is 5.82 Å². The summed E-state index contributed by atoms with van der Waals surface area (Å²) in [5, 5.41) is 3.07. The van der Waals surface area contributed by atoms with Crippen LogP contribution in [0, 0.1) is 0 Å². The van der Waals surface area contributed by atoms with Crippen molar-refractivity contribution >= 4 is 0 Å². The fourth-order valence-corrected chi connectivity index (χ4v) is 1.73. The smallest absolute Gasteiger partial charge is 0.250 e. The first-order valence-corrected chi connectivity index (χ1v) is 5.61. The Morgan fingerprint density at radius 1 is 1.24 bits per heavy atom. The summed E-state index contributed by atoms with van der Waals surface area (Å²) in [7, 11) is 1.89. The van der Waals surface area contributed by atoms with Crippen molar-refractivity contribution < 1.29 is 0 Å². The molecule has 90 valence electrons. The molecule has 0 aromatic carbocycles. The Hall–Kier alpha value is -1.88. The molecule has 2 aromatic heterocycles. The van der Waals surface area contributed by atoms with Crippen LogP contribution >= 0.6 is 0 Å². The van der Waals surface area contributed by atoms with E-state index in [1.807, 2.05) is 19.3 Å². The average Bonchev–Trinajstić information content (AvgIpc) is 2.76. The number of aryl methyl sites for hydroxylation is 2. The summed E-state index contributed by atoms with van der Waals surface area (Å²) in [6.07, 6.45) is 5.51. The van der Waals surface area contributed by atoms with Gasteiger partial charge in [0.1, 0.15) is 5.82 Å². The van der Waals surface area contributed by atoms with Gasteiger partial charge in [-0.2, -0.15) is 0 Å². The van der Waals surface area contributed by atoms with Crippen molar-refractivity contribution in [2.24, 2.45) is 0 Å². The zero-order valence-corrected chi connectivity index (χ0v) is 9.84. The Morgan fingerprint density at radius 3 is 2.82 bits per heavy atom. The number of hydrogen-bond donors (Lipinski definition) is 1. The third-order valence-electron chi connectivity index (χ3n) is 2.62. The van der Waals surface area contributed by atoms with Crippen LogP contribution in [0.25, 0.3) is 0 Å². The van der Waals surface area contributed by atoms with Crippen molar-refractivity contribution in [3.63, 3.8) is 0 Å². The summed E-state index contributed by atoms with van der Waals surface area (Å²) in [4.78, 5) is 15.8. The molecule has 0 spiro atoms. The molecule has 0 unspecified atom stereocenters. The van der Waals surface area contributed by atoms with Gasteiger partial charge in [-0.05, 0) is 13.1 Å². The Bertz CT molecular complexity index is 529. The van der Waals surface area contributed by atoms with E-state index < -0.39 is 0 Å². The lowest BCUT2D eigenvalue weighted by Gasteiger charge is -2.09. The fraction of sp³-hybridized carbons (Fsp3) is 0.333. The summed E-state index contributed by atoms with van der Waals surface area (Å²) < 4.78 is 3.75. The topological polar surface area (TPSA) is 51.9 Å². The van der Waals surface area contributed by atoms with Gasteiger partial charge in [0.2, 0.25) is 0 Å². The molecule has 2 aromatic rings. The summed E-state index contributed by atoms with van der Waals surface area (Å²) in [6, 6.07) is 5.19. The molecule has 5 heteroatoms. The maximum atomic E-state index is 11.5. The molecule has 17 heavy (non-hydrogen) atoms. The largest absolute Gasteiger partial charge is 0.332 e. The lowest BCUT2D eigenvalue weighted by atomic mass is 10.4. The summed E-state index contributed by atoms with van der Waals surface area (Å²) >= 11 is 0. The van der Waals surface area contributed by atoms with Crippen LogP contribution in [0.2, 0.25) is 0 Å². The van der Waals surface area contributed by atoms with Gasteiger partial charge >= 0.3 is 0 Å². The van der Waals surface area contributed by atoms with Crippen LogP contribution in [0.15, 0.2) is 41.6 Å². The predicted molar refractivity (Wildman–Crippen MR) is 65.7 cm³/mol. The first kappa shape index (κ1) is 11.6. The predicted octanol–water partition coefficient (Wildman–Crippen LogP) is 0.464. The maximum absolute atomic E-state index is 11.5. The molecular formula is C12H16N4O. The molecule has 2 rings (SSSR count). The molecule has 0 radical (unpaired) electrons. The molecule has 1 N–H and O–H groups in total. The zero-order chi connectivity index (χ0) is 12.1.